The van der Waals surface area contributed by atoms with Gasteiger partial charge in [-0.2, -0.15) is 5.10 Å². The molecule has 2 aromatic rings. The van der Waals surface area contributed by atoms with Gasteiger partial charge in [-0.3, -0.25) is 23.5 Å². The van der Waals surface area contributed by atoms with Crippen molar-refractivity contribution >= 4 is 0 Å². The number of likely N-dealkylation sites (tertiary alicyclic amines) is 1. The first-order chi connectivity index (χ1) is 11.0. The number of nitrogens with zero attached hydrogens (tertiary/aromatic N) is 6. The molecule has 0 aromatic carbocycles. The van der Waals surface area contributed by atoms with E-state index in [1.54, 1.807) is 30.3 Å². The van der Waals surface area contributed by atoms with Gasteiger partial charge in [-0.25, -0.2) is 9.78 Å². The number of hydrogen-bond acceptors (Lipinski definition) is 5. The van der Waals surface area contributed by atoms with Gasteiger partial charge in [-0.05, 0) is 25.3 Å². The zero-order valence-electron chi connectivity index (χ0n) is 13.6. The Morgan fingerprint density at radius 2 is 2.09 bits per heavy atom. The first kappa shape index (κ1) is 15.7. The molecule has 1 fully saturated rings. The van der Waals surface area contributed by atoms with Crippen molar-refractivity contribution in [2.75, 3.05) is 13.1 Å². The maximum atomic E-state index is 12.0. The van der Waals surface area contributed by atoms with Crippen LogP contribution in [-0.4, -0.2) is 41.9 Å². The topological polar surface area (TPSA) is 78.0 Å². The molecule has 2 aromatic heterocycles. The highest BCUT2D eigenvalue weighted by molar-refractivity contribution is 5.02. The average molecular weight is 318 g/mol. The fourth-order valence-electron chi connectivity index (χ4n) is 3.19. The molecule has 0 spiro atoms. The summed E-state index contributed by atoms with van der Waals surface area (Å²) in [7, 11) is 3.22. The highest BCUT2D eigenvalue weighted by Crippen LogP contribution is 2.19. The molecule has 3 heterocycles. The molecular formula is C15H22N6O2. The van der Waals surface area contributed by atoms with Gasteiger partial charge in [-0.1, -0.05) is 0 Å². The predicted molar refractivity (Wildman–Crippen MR) is 84.9 cm³/mol. The summed E-state index contributed by atoms with van der Waals surface area (Å²) in [4.78, 5) is 30.1. The van der Waals surface area contributed by atoms with Crippen LogP contribution in [0.2, 0.25) is 0 Å². The van der Waals surface area contributed by atoms with Gasteiger partial charge >= 0.3 is 5.69 Å². The van der Waals surface area contributed by atoms with Gasteiger partial charge in [0.1, 0.15) is 12.7 Å². The van der Waals surface area contributed by atoms with Crippen molar-refractivity contribution in [3.63, 3.8) is 0 Å². The SMILES string of the molecule is Cn1c(CN2CCC[C@@H](Cn3cncn3)C2)cc(=O)n(C)c1=O. The molecule has 23 heavy (non-hydrogen) atoms. The van der Waals surface area contributed by atoms with E-state index in [2.05, 4.69) is 15.0 Å². The zero-order valence-corrected chi connectivity index (χ0v) is 13.6. The van der Waals surface area contributed by atoms with Crippen LogP contribution in [0.15, 0.2) is 28.3 Å². The lowest BCUT2D eigenvalue weighted by atomic mass is 9.98. The van der Waals surface area contributed by atoms with Gasteiger partial charge in [0.2, 0.25) is 0 Å². The van der Waals surface area contributed by atoms with E-state index >= 15 is 0 Å². The van der Waals surface area contributed by atoms with Crippen LogP contribution >= 0.6 is 0 Å². The molecule has 0 amide bonds. The molecular weight excluding hydrogens is 296 g/mol. The minimum absolute atomic E-state index is 0.251. The van der Waals surface area contributed by atoms with Gasteiger partial charge in [0, 0.05) is 45.5 Å². The Morgan fingerprint density at radius 1 is 1.26 bits per heavy atom. The summed E-state index contributed by atoms with van der Waals surface area (Å²) >= 11 is 0. The lowest BCUT2D eigenvalue weighted by molar-refractivity contribution is 0.150. The average Bonchev–Trinajstić information content (AvgIpc) is 3.04. The molecule has 1 atom stereocenters. The predicted octanol–water partition coefficient (Wildman–Crippen LogP) is -0.412. The van der Waals surface area contributed by atoms with Crippen LogP contribution in [0, 0.1) is 5.92 Å². The second-order valence-electron chi connectivity index (χ2n) is 6.24. The Balaban J connectivity index is 1.71. The number of rotatable bonds is 4. The second kappa shape index (κ2) is 6.49. The molecule has 0 bridgehead atoms. The van der Waals surface area contributed by atoms with Crippen molar-refractivity contribution in [2.24, 2.45) is 20.0 Å². The van der Waals surface area contributed by atoms with Crippen molar-refractivity contribution in [1.82, 2.24) is 28.8 Å². The summed E-state index contributed by atoms with van der Waals surface area (Å²) in [6.07, 6.45) is 5.56. The van der Waals surface area contributed by atoms with Crippen LogP contribution in [0.4, 0.5) is 0 Å². The molecule has 1 aliphatic heterocycles. The number of aromatic nitrogens is 5. The van der Waals surface area contributed by atoms with E-state index in [9.17, 15) is 9.59 Å². The minimum atomic E-state index is -0.274. The summed E-state index contributed by atoms with van der Waals surface area (Å²) < 4.78 is 4.55. The van der Waals surface area contributed by atoms with Crippen LogP contribution in [0.5, 0.6) is 0 Å². The first-order valence-electron chi connectivity index (χ1n) is 7.85. The van der Waals surface area contributed by atoms with Crippen molar-refractivity contribution in [1.29, 1.82) is 0 Å². The van der Waals surface area contributed by atoms with Crippen LogP contribution < -0.4 is 11.2 Å². The molecule has 3 rings (SSSR count). The zero-order chi connectivity index (χ0) is 16.4. The van der Waals surface area contributed by atoms with E-state index in [1.807, 2.05) is 4.68 Å². The molecule has 124 valence electrons. The summed E-state index contributed by atoms with van der Waals surface area (Å²) in [5.74, 6) is 0.508. The van der Waals surface area contributed by atoms with E-state index in [1.165, 1.54) is 7.05 Å². The maximum Gasteiger partial charge on any atom is 0.330 e. The summed E-state index contributed by atoms with van der Waals surface area (Å²) in [6, 6.07) is 1.56. The Morgan fingerprint density at radius 3 is 2.83 bits per heavy atom. The van der Waals surface area contributed by atoms with E-state index in [-0.39, 0.29) is 11.2 Å². The molecule has 0 saturated carbocycles. The van der Waals surface area contributed by atoms with E-state index in [4.69, 9.17) is 0 Å². The monoisotopic (exact) mass is 318 g/mol. The smallest absolute Gasteiger partial charge is 0.299 e. The third kappa shape index (κ3) is 3.42. The standard InChI is InChI=1S/C15H22N6O2/c1-18-13(6-14(22)19(2)15(18)23)9-20-5-3-4-12(7-20)8-21-11-16-10-17-21/h6,10-12H,3-5,7-9H2,1-2H3/t12-/m1/s1. The molecule has 0 aliphatic carbocycles. The highest BCUT2D eigenvalue weighted by Gasteiger charge is 2.21. The van der Waals surface area contributed by atoms with Gasteiger partial charge in [0.05, 0.1) is 0 Å². The maximum absolute atomic E-state index is 12.0. The van der Waals surface area contributed by atoms with Gasteiger partial charge in [0.25, 0.3) is 5.56 Å². The van der Waals surface area contributed by atoms with Crippen LogP contribution in [0.25, 0.3) is 0 Å². The molecule has 1 saturated heterocycles. The fraction of sp³-hybridized carbons (Fsp3) is 0.600. The molecule has 8 nitrogen and oxygen atoms in total. The summed E-state index contributed by atoms with van der Waals surface area (Å²) in [5, 5.41) is 4.16. The Hall–Kier alpha value is -2.22. The van der Waals surface area contributed by atoms with Crippen molar-refractivity contribution in [3.05, 3.63) is 45.3 Å². The van der Waals surface area contributed by atoms with Gasteiger partial charge in [0.15, 0.2) is 0 Å². The normalized spacial score (nSPS) is 19.1. The molecule has 8 heteroatoms. The Labute approximate surface area is 134 Å². The largest absolute Gasteiger partial charge is 0.330 e. The fourth-order valence-corrected chi connectivity index (χ4v) is 3.19. The first-order valence-corrected chi connectivity index (χ1v) is 7.85. The van der Waals surface area contributed by atoms with Crippen molar-refractivity contribution in [2.45, 2.75) is 25.9 Å². The van der Waals surface area contributed by atoms with Crippen molar-refractivity contribution < 1.29 is 0 Å². The van der Waals surface area contributed by atoms with E-state index < -0.39 is 0 Å². The molecule has 0 radical (unpaired) electrons. The van der Waals surface area contributed by atoms with Gasteiger partial charge in [-0.15, -0.1) is 0 Å². The quantitative estimate of drug-likeness (QED) is 0.766. The van der Waals surface area contributed by atoms with E-state index in [0.717, 1.165) is 42.7 Å². The second-order valence-corrected chi connectivity index (χ2v) is 6.24. The molecule has 1 aliphatic rings. The lowest BCUT2D eigenvalue weighted by Gasteiger charge is -2.32. The Bertz CT molecular complexity index is 776. The van der Waals surface area contributed by atoms with E-state index in [0.29, 0.717) is 12.5 Å². The third-order valence-corrected chi connectivity index (χ3v) is 4.53. The molecule has 0 unspecified atom stereocenters. The Kier molecular flexibility index (Phi) is 4.42. The van der Waals surface area contributed by atoms with Crippen LogP contribution in [0.3, 0.4) is 0 Å². The summed E-state index contributed by atoms with van der Waals surface area (Å²) in [5.41, 5.74) is 0.238. The summed E-state index contributed by atoms with van der Waals surface area (Å²) in [6.45, 7) is 3.39. The van der Waals surface area contributed by atoms with Gasteiger partial charge < -0.3 is 0 Å². The molecule has 0 N–H and O–H groups in total. The number of hydrogen-bond donors (Lipinski definition) is 0. The highest BCUT2D eigenvalue weighted by atomic mass is 16.2. The van der Waals surface area contributed by atoms with Crippen LogP contribution in [0.1, 0.15) is 18.5 Å². The van der Waals surface area contributed by atoms with Crippen molar-refractivity contribution in [3.8, 4) is 0 Å². The minimum Gasteiger partial charge on any atom is -0.299 e. The lowest BCUT2D eigenvalue weighted by Crippen LogP contribution is -2.41. The third-order valence-electron chi connectivity index (χ3n) is 4.53. The van der Waals surface area contributed by atoms with Crippen LogP contribution in [-0.2, 0) is 27.2 Å². The number of piperidine rings is 1.